The molecule has 0 aromatic carbocycles. The zero-order valence-corrected chi connectivity index (χ0v) is 39.5. The summed E-state index contributed by atoms with van der Waals surface area (Å²) in [6.45, 7) is 41.4. The molecule has 0 aromatic heterocycles. The molecule has 0 heterocycles. The Morgan fingerprint density at radius 2 is 0.311 bits per heavy atom. The highest BCUT2D eigenvalue weighted by atomic mass is 16.5. The number of ether oxygens (including phenoxy) is 5. The zero-order valence-electron chi connectivity index (χ0n) is 41.5. The molecule has 0 atom stereocenters. The maximum Gasteiger partial charge on any atom is 0.448 e. The fraction of sp³-hybridized carbons (Fsp3) is 0.889. The molecule has 0 aliphatic rings. The molecule has 0 spiro atoms. The molecule has 0 aliphatic carbocycles. The van der Waals surface area contributed by atoms with Gasteiger partial charge in [-0.3, -0.25) is 24.0 Å². The van der Waals surface area contributed by atoms with Crippen LogP contribution >= 0.6 is 0 Å². The predicted octanol–water partition coefficient (Wildman–Crippen LogP) is 14.9. The molecule has 0 amide bonds. The summed E-state index contributed by atoms with van der Waals surface area (Å²) in [6, 6.07) is 0. The molecule has 0 aliphatic heterocycles. The van der Waals surface area contributed by atoms with Crippen molar-refractivity contribution in [1.82, 2.24) is 0 Å². The van der Waals surface area contributed by atoms with E-state index in [1.807, 2.05) is 111 Å². The lowest BCUT2D eigenvalue weighted by molar-refractivity contribution is -0.138. The van der Waals surface area contributed by atoms with Gasteiger partial charge in [-0.25, -0.2) is 0 Å². The Morgan fingerprint density at radius 1 is 0.295 bits per heavy atom. The Balaban J connectivity index is -0.00000000879. The summed E-state index contributed by atoms with van der Waals surface area (Å²) in [6.07, 6.45) is 0. The average molecular weight is 927 g/mol. The lowest BCUT2D eigenvalue weighted by Gasteiger charge is -1.80. The first-order valence-electron chi connectivity index (χ1n) is 18.8. The molecule has 406 valence electrons. The molecule has 0 saturated heterocycles. The highest BCUT2D eigenvalue weighted by molar-refractivity contribution is 6.39. The van der Waals surface area contributed by atoms with Crippen molar-refractivity contribution >= 4 is 44.1 Å². The quantitative estimate of drug-likeness (QED) is 0.101. The van der Waals surface area contributed by atoms with Crippen molar-refractivity contribution in [3.05, 3.63) is 0 Å². The third-order valence-corrected chi connectivity index (χ3v) is 1.44. The summed E-state index contributed by atoms with van der Waals surface area (Å²) in [5, 5.41) is 30.4. The van der Waals surface area contributed by atoms with Crippen LogP contribution in [-0.2, 0) is 47.7 Å². The van der Waals surface area contributed by atoms with E-state index in [2.05, 4.69) is 23.7 Å². The topological polar surface area (TPSA) is 212 Å². The Morgan fingerprint density at radius 3 is 0.311 bits per heavy atom. The SMILES string of the molecule is C.C.C.C.C.C.C.C.C.C.CB(O)O.CB(O)O.CC.CC.CC.CC.CC.CC.CC.CC.COC(C)=O.COC(C)=O.COC(C)=O.COC(C)=O.COC(C)=O.[3H]C.[3H]C. The van der Waals surface area contributed by atoms with Crippen LogP contribution in [0.5, 0.6) is 0 Å². The van der Waals surface area contributed by atoms with Crippen LogP contribution in [0.3, 0.4) is 0 Å². The van der Waals surface area contributed by atoms with Gasteiger partial charge in [0.2, 0.25) is 0 Å². The van der Waals surface area contributed by atoms with Crippen molar-refractivity contribution in [1.29, 1.82) is 0 Å². The monoisotopic (exact) mass is 927 g/mol. The van der Waals surface area contributed by atoms with Gasteiger partial charge in [0.05, 0.1) is 35.5 Å². The fourth-order valence-electron chi connectivity index (χ4n) is 0. The second kappa shape index (κ2) is 334. The Kier molecular flexibility index (Phi) is 946. The maximum absolute atomic E-state index is 9.59. The van der Waals surface area contributed by atoms with Crippen LogP contribution in [-0.4, -0.2) is 99.7 Å². The van der Waals surface area contributed by atoms with Crippen molar-refractivity contribution in [2.24, 2.45) is 0 Å². The van der Waals surface area contributed by atoms with Gasteiger partial charge in [0, 0.05) is 37.4 Å². The second-order valence-corrected chi connectivity index (χ2v) is 4.74. The minimum Gasteiger partial charge on any atom is -0.469 e. The van der Waals surface area contributed by atoms with Crippen LogP contribution < -0.4 is 0 Å². The third kappa shape index (κ3) is 3270. The number of carbonyl (C=O) groups is 5. The molecule has 0 bridgehead atoms. The molecular formula is C45H136B2O14. The van der Waals surface area contributed by atoms with Crippen LogP contribution in [0.25, 0.3) is 0 Å². The summed E-state index contributed by atoms with van der Waals surface area (Å²) in [5.41, 5.74) is 0. The molecule has 0 aromatic rings. The molecule has 0 radical (unpaired) electrons. The van der Waals surface area contributed by atoms with E-state index in [0.29, 0.717) is 0 Å². The van der Waals surface area contributed by atoms with E-state index in [0.717, 1.165) is 0 Å². The lowest BCUT2D eigenvalue weighted by Crippen LogP contribution is -2.00. The van der Waals surface area contributed by atoms with Gasteiger partial charge >= 0.3 is 44.1 Å². The van der Waals surface area contributed by atoms with Crippen molar-refractivity contribution in [2.45, 2.75) is 248 Å². The van der Waals surface area contributed by atoms with Gasteiger partial charge in [-0.2, -0.15) is 0 Å². The van der Waals surface area contributed by atoms with Crippen LogP contribution in [0, 0.1) is 0 Å². The van der Waals surface area contributed by atoms with Crippen LogP contribution in [0.15, 0.2) is 0 Å². The van der Waals surface area contributed by atoms with Crippen molar-refractivity contribution in [3.8, 4) is 0 Å². The Hall–Kier alpha value is -2.68. The molecule has 61 heavy (non-hydrogen) atoms. The van der Waals surface area contributed by atoms with Crippen molar-refractivity contribution < 1.29 is 70.5 Å². The second-order valence-electron chi connectivity index (χ2n) is 4.74. The number of hydrogen-bond acceptors (Lipinski definition) is 14. The zero-order chi connectivity index (χ0) is 48.6. The summed E-state index contributed by atoms with van der Waals surface area (Å²) in [5.74, 6) is -1.23. The minimum absolute atomic E-state index is 0. The van der Waals surface area contributed by atoms with Gasteiger partial charge in [0.1, 0.15) is 0 Å². The smallest absolute Gasteiger partial charge is 0.448 e. The Labute approximate surface area is 397 Å². The van der Waals surface area contributed by atoms with E-state index in [4.69, 9.17) is 22.8 Å². The van der Waals surface area contributed by atoms with Crippen molar-refractivity contribution in [3.63, 3.8) is 0 Å². The van der Waals surface area contributed by atoms with Gasteiger partial charge in [-0.15, -0.1) is 0 Å². The van der Waals surface area contributed by atoms with E-state index in [-0.39, 0.29) is 104 Å². The van der Waals surface area contributed by atoms with Crippen molar-refractivity contribution in [2.75, 3.05) is 35.5 Å². The van der Waals surface area contributed by atoms with Gasteiger partial charge in [0.25, 0.3) is 0 Å². The van der Waals surface area contributed by atoms with Gasteiger partial charge in [0.15, 0.2) is 0 Å². The van der Waals surface area contributed by atoms with Crippen LogP contribution in [0.2, 0.25) is 13.6 Å². The predicted molar refractivity (Wildman–Crippen MR) is 292 cm³/mol. The van der Waals surface area contributed by atoms with E-state index >= 15 is 0 Å². The first-order valence-corrected chi connectivity index (χ1v) is 16.8. The summed E-state index contributed by atoms with van der Waals surface area (Å²) < 4.78 is 32.1. The largest absolute Gasteiger partial charge is 0.469 e. The molecule has 0 rings (SSSR count). The molecular weight excluding hydrogens is 786 g/mol. The normalized spacial score (nSPS) is 4.69. The summed E-state index contributed by atoms with van der Waals surface area (Å²) in [4.78, 5) is 48.0. The molecule has 14 nitrogen and oxygen atoms in total. The fourth-order valence-corrected chi connectivity index (χ4v) is 0. The van der Waals surface area contributed by atoms with Crippen LogP contribution in [0.4, 0.5) is 0 Å². The Bertz CT molecular complexity index is 395. The van der Waals surface area contributed by atoms with E-state index in [9.17, 15) is 24.0 Å². The van der Waals surface area contributed by atoms with Gasteiger partial charge in [-0.1, -0.05) is 200 Å². The third-order valence-electron chi connectivity index (χ3n) is 1.44. The number of carbonyl (C=O) groups excluding carboxylic acids is 5. The first kappa shape index (κ1) is 173. The number of esters is 5. The number of methoxy groups -OCH3 is 5. The molecule has 0 unspecified atom stereocenters. The van der Waals surface area contributed by atoms with Gasteiger partial charge in [-0.05, 0) is 13.6 Å². The molecule has 0 fully saturated rings. The lowest BCUT2D eigenvalue weighted by atomic mass is 9.99. The average Bonchev–Trinajstić information content (AvgIpc) is 3.20. The highest BCUT2D eigenvalue weighted by Crippen LogP contribution is 1.62. The van der Waals surface area contributed by atoms with E-state index < -0.39 is 14.2 Å². The molecule has 16 heteroatoms. The molecule has 4 N–H and O–H groups in total. The number of rotatable bonds is 0. The van der Waals surface area contributed by atoms with E-state index in [1.54, 1.807) is 0 Å². The minimum atomic E-state index is -1.17. The number of hydrogen-bond donors (Lipinski definition) is 4. The standard InChI is InChI=1S/5C3H6O2.8C2H6.2CH5BO2.12CH4/c5*1-3(4)5-2;8*1-2;2*1-2(3)4;;;;;;;;;;;;/h5*1-2H3;8*1-2H3;2*3-4H,1H3;12*1H4/i;;;;;;;;;;;;;;;2*1T;;;;;;;;;;. The highest BCUT2D eigenvalue weighted by Gasteiger charge is 1.86. The first-order chi connectivity index (χ1) is 24.8. The van der Waals surface area contributed by atoms with Crippen LogP contribution in [0.1, 0.15) is 237 Å². The molecule has 0 saturated carbocycles. The van der Waals surface area contributed by atoms with Gasteiger partial charge < -0.3 is 43.8 Å². The maximum atomic E-state index is 9.59. The summed E-state index contributed by atoms with van der Waals surface area (Å²) in [7, 11) is 6.91. The summed E-state index contributed by atoms with van der Waals surface area (Å²) >= 11 is 0. The van der Waals surface area contributed by atoms with E-state index in [1.165, 1.54) is 98.6 Å².